The average molecular weight is 602 g/mol. The minimum absolute atomic E-state index is 0.0334. The Morgan fingerprint density at radius 1 is 0.951 bits per heavy atom. The molecule has 1 aromatic heterocycles. The Labute approximate surface area is 234 Å². The highest BCUT2D eigenvalue weighted by atomic mass is 32.2. The van der Waals surface area contributed by atoms with Gasteiger partial charge < -0.3 is 15.3 Å². The van der Waals surface area contributed by atoms with Crippen LogP contribution >= 0.6 is 12.0 Å². The first-order valence-corrected chi connectivity index (χ1v) is 13.4. The lowest BCUT2D eigenvalue weighted by Crippen LogP contribution is -2.31. The number of Topliss-reactive ketones (excluding diaryl/α,β-unsaturated/α-hetero) is 1. The number of benzene rings is 3. The van der Waals surface area contributed by atoms with E-state index in [9.17, 15) is 27.4 Å². The quantitative estimate of drug-likeness (QED) is 0.0399. The lowest BCUT2D eigenvalue weighted by Gasteiger charge is -2.10. The molecule has 0 radical (unpaired) electrons. The third-order valence-corrected chi connectivity index (χ3v) is 6.67. The number of fused-ring (bicyclic) bond motifs is 1. The third kappa shape index (κ3) is 7.75. The summed E-state index contributed by atoms with van der Waals surface area (Å²) >= 11 is 0.744. The number of carbonyl (C=O) groups excluding carboxylic acids is 2. The monoisotopic (exact) mass is 601 g/mol. The van der Waals surface area contributed by atoms with E-state index in [1.165, 1.54) is 18.2 Å². The van der Waals surface area contributed by atoms with Crippen LogP contribution in [0.25, 0.3) is 11.0 Å². The minimum atomic E-state index is -4.83. The lowest BCUT2D eigenvalue weighted by atomic mass is 10.2. The summed E-state index contributed by atoms with van der Waals surface area (Å²) in [6.45, 7) is 1.10. The minimum Gasteiger partial charge on any atom is -0.324 e. The molecule has 4 aromatic rings. The second kappa shape index (κ2) is 12.7. The Balaban J connectivity index is 1.53. The van der Waals surface area contributed by atoms with Crippen molar-refractivity contribution in [1.29, 1.82) is 0 Å². The van der Waals surface area contributed by atoms with Crippen molar-refractivity contribution in [2.24, 2.45) is 20.5 Å². The number of nitrogens with one attached hydrogen (secondary N) is 3. The Hall–Kier alpha value is -4.59. The van der Waals surface area contributed by atoms with Gasteiger partial charge in [-0.05, 0) is 67.6 Å². The van der Waals surface area contributed by atoms with Gasteiger partial charge in [0.25, 0.3) is 16.0 Å². The van der Waals surface area contributed by atoms with Gasteiger partial charge in [0.05, 0.1) is 34.5 Å². The number of ketones is 1. The molecular weight excluding hydrogens is 582 g/mol. The number of hydrogen-bond donors (Lipinski definition) is 5. The molecule has 0 aliphatic carbocycles. The van der Waals surface area contributed by atoms with Crippen LogP contribution in [0.15, 0.2) is 95.7 Å². The predicted molar refractivity (Wildman–Crippen MR) is 144 cm³/mol. The summed E-state index contributed by atoms with van der Waals surface area (Å²) in [7, 11) is -4.83. The van der Waals surface area contributed by atoms with Crippen LogP contribution in [0.3, 0.4) is 0 Å². The molecule has 0 fully saturated rings. The van der Waals surface area contributed by atoms with E-state index >= 15 is 0 Å². The number of nitrogens with zero attached hydrogens (tertiary/aromatic N) is 4. The van der Waals surface area contributed by atoms with Gasteiger partial charge in [0.2, 0.25) is 6.04 Å². The molecule has 1 heterocycles. The molecule has 0 bridgehead atoms. The smallest absolute Gasteiger partial charge is 0.323 e. The predicted octanol–water partition coefficient (Wildman–Crippen LogP) is 4.63. The molecule has 0 spiro atoms. The number of hydrogen-bond acceptors (Lipinski definition) is 13. The van der Waals surface area contributed by atoms with E-state index in [-0.39, 0.29) is 17.1 Å². The summed E-state index contributed by atoms with van der Waals surface area (Å²) in [6.07, 6.45) is 0. The van der Waals surface area contributed by atoms with Crippen LogP contribution in [0.4, 0.5) is 22.7 Å². The van der Waals surface area contributed by atoms with Crippen LogP contribution in [0.1, 0.15) is 6.92 Å². The summed E-state index contributed by atoms with van der Waals surface area (Å²) in [6, 6.07) is 12.6. The molecule has 1 atom stereocenters. The zero-order valence-electron chi connectivity index (χ0n) is 20.7. The first kappa shape index (κ1) is 29.4. The zero-order valence-corrected chi connectivity index (χ0v) is 22.3. The van der Waals surface area contributed by atoms with Crippen molar-refractivity contribution in [2.75, 3.05) is 5.32 Å². The van der Waals surface area contributed by atoms with Gasteiger partial charge in [0.1, 0.15) is 10.6 Å². The fourth-order valence-corrected chi connectivity index (χ4v) is 4.35. The number of rotatable bonds is 11. The largest absolute Gasteiger partial charge is 0.324 e. The number of carbonyl (C=O) groups is 2. The number of aromatic amines is 2. The van der Waals surface area contributed by atoms with Crippen molar-refractivity contribution in [2.45, 2.75) is 22.8 Å². The number of amides is 1. The van der Waals surface area contributed by atoms with Gasteiger partial charge in [0, 0.05) is 10.6 Å². The van der Waals surface area contributed by atoms with Gasteiger partial charge in [0.15, 0.2) is 5.78 Å². The van der Waals surface area contributed by atoms with E-state index < -0.39 is 38.4 Å². The first-order valence-electron chi connectivity index (χ1n) is 11.3. The molecule has 1 amide bonds. The van der Waals surface area contributed by atoms with Gasteiger partial charge in [-0.15, -0.1) is 4.33 Å². The molecule has 1 unspecified atom stereocenters. The Morgan fingerprint density at radius 3 is 2.32 bits per heavy atom. The van der Waals surface area contributed by atoms with Gasteiger partial charge in [-0.3, -0.25) is 14.1 Å². The second-order valence-corrected chi connectivity index (χ2v) is 10.3. The topological polar surface area (TPSA) is 237 Å². The number of H-pyrrole nitrogens is 2. The lowest BCUT2D eigenvalue weighted by molar-refractivity contribution is -0.432. The van der Waals surface area contributed by atoms with Crippen LogP contribution in [-0.4, -0.2) is 45.9 Å². The molecule has 3 aromatic carbocycles. The fourth-order valence-electron chi connectivity index (χ4n) is 3.35. The van der Waals surface area contributed by atoms with E-state index in [0.29, 0.717) is 21.6 Å². The molecule has 212 valence electrons. The fraction of sp³-hybridized carbons (Fsp3) is 0.0870. The highest BCUT2D eigenvalue weighted by molar-refractivity contribution is 7.94. The van der Waals surface area contributed by atoms with Crippen LogP contribution in [0, 0.1) is 0 Å². The molecule has 5 N–H and O–H groups in total. The maximum atomic E-state index is 12.8. The summed E-state index contributed by atoms with van der Waals surface area (Å²) in [5.74, 6) is -1.56. The molecule has 0 aliphatic rings. The molecule has 18 heteroatoms. The van der Waals surface area contributed by atoms with Gasteiger partial charge in [-0.2, -0.15) is 28.9 Å². The van der Waals surface area contributed by atoms with Crippen molar-refractivity contribution >= 4 is 67.6 Å². The van der Waals surface area contributed by atoms with Gasteiger partial charge in [-0.25, -0.2) is 10.1 Å². The number of imidazole rings is 1. The van der Waals surface area contributed by atoms with Crippen molar-refractivity contribution < 1.29 is 37.2 Å². The van der Waals surface area contributed by atoms with Crippen LogP contribution in [0.5, 0.6) is 0 Å². The van der Waals surface area contributed by atoms with E-state index in [2.05, 4.69) is 45.1 Å². The zero-order chi connectivity index (χ0) is 29.6. The summed E-state index contributed by atoms with van der Waals surface area (Å²) in [5, 5.41) is 29.6. The normalized spacial score (nSPS) is 12.8. The maximum absolute atomic E-state index is 12.8. The highest BCUT2D eigenvalue weighted by Crippen LogP contribution is 2.31. The summed E-state index contributed by atoms with van der Waals surface area (Å²) < 4.78 is 38.1. The molecule has 16 nitrogen and oxygen atoms in total. The SMILES string of the molecule is CC(=O)C(N=Nc1ccc(N=Nc2ccc(SOOO)cc2)cc1S(=O)(=O)O)C(=O)Nc1ccc2[nH]c(=O)[nH]c2c1. The Bertz CT molecular complexity index is 1820. The second-order valence-electron chi connectivity index (χ2n) is 8.10. The molecule has 0 saturated heterocycles. The highest BCUT2D eigenvalue weighted by Gasteiger charge is 2.24. The van der Waals surface area contributed by atoms with E-state index in [0.717, 1.165) is 31.1 Å². The molecular formula is C23H19N7O9S2. The molecule has 4 rings (SSSR count). The maximum Gasteiger partial charge on any atom is 0.323 e. The van der Waals surface area contributed by atoms with Crippen molar-refractivity contribution in [3.63, 3.8) is 0 Å². The molecule has 0 aliphatic heterocycles. The van der Waals surface area contributed by atoms with E-state index in [4.69, 9.17) is 5.26 Å². The average Bonchev–Trinajstić information content (AvgIpc) is 3.30. The van der Waals surface area contributed by atoms with Gasteiger partial charge >= 0.3 is 5.69 Å². The summed E-state index contributed by atoms with van der Waals surface area (Å²) in [4.78, 5) is 41.3. The number of anilines is 1. The molecule has 41 heavy (non-hydrogen) atoms. The summed E-state index contributed by atoms with van der Waals surface area (Å²) in [5.41, 5.74) is 0.809. The van der Waals surface area contributed by atoms with Crippen molar-refractivity contribution in [1.82, 2.24) is 9.97 Å². The van der Waals surface area contributed by atoms with Crippen LogP contribution < -0.4 is 11.0 Å². The Kier molecular flexibility index (Phi) is 9.12. The molecule has 0 saturated carbocycles. The standard InChI is InChI=1S/C23H19N7O9S2/c1-12(31)21(22(32)24-14-4-8-17-19(10-14)26-23(33)25-17)30-29-18-9-5-15(11-20(18)41(35,36)37)28-27-13-2-6-16(7-3-13)40-39-38-34/h2-11,21,34H,1H3,(H,24,32)(H2,25,26,33)(H,35,36,37). The van der Waals surface area contributed by atoms with Gasteiger partial charge in [-0.1, -0.05) is 5.04 Å². The van der Waals surface area contributed by atoms with Crippen LogP contribution in [-0.2, 0) is 29.1 Å². The number of aromatic nitrogens is 2. The van der Waals surface area contributed by atoms with Crippen molar-refractivity contribution in [3.05, 3.63) is 71.1 Å². The van der Waals surface area contributed by atoms with Crippen molar-refractivity contribution in [3.8, 4) is 0 Å². The third-order valence-electron chi connectivity index (χ3n) is 5.20. The van der Waals surface area contributed by atoms with E-state index in [1.54, 1.807) is 30.3 Å². The van der Waals surface area contributed by atoms with Crippen LogP contribution in [0.2, 0.25) is 0 Å². The Morgan fingerprint density at radius 2 is 1.63 bits per heavy atom. The van der Waals surface area contributed by atoms with E-state index in [1.807, 2.05) is 0 Å². The first-order chi connectivity index (χ1) is 19.5. The number of azo groups is 2.